The number of nitrogens with two attached hydrogens (primary N) is 1. The van der Waals surface area contributed by atoms with Crippen molar-refractivity contribution in [1.82, 2.24) is 9.97 Å². The Morgan fingerprint density at radius 2 is 2.32 bits per heavy atom. The van der Waals surface area contributed by atoms with E-state index < -0.39 is 0 Å². The van der Waals surface area contributed by atoms with Crippen LogP contribution in [0.1, 0.15) is 18.5 Å². The quantitative estimate of drug-likeness (QED) is 0.477. The number of hydrazine groups is 1. The molecule has 2 heterocycles. The molecule has 7 heteroatoms. The Labute approximate surface area is 115 Å². The third-order valence-corrected chi connectivity index (χ3v) is 3.42. The Hall–Kier alpha value is -1.57. The van der Waals surface area contributed by atoms with Crippen molar-refractivity contribution >= 4 is 17.6 Å². The molecule has 0 saturated heterocycles. The van der Waals surface area contributed by atoms with Gasteiger partial charge >= 0.3 is 0 Å². The van der Waals surface area contributed by atoms with Gasteiger partial charge in [0.15, 0.2) is 5.82 Å². The first-order valence-electron chi connectivity index (χ1n) is 5.87. The van der Waals surface area contributed by atoms with Gasteiger partial charge in [0.25, 0.3) is 0 Å². The van der Waals surface area contributed by atoms with Crippen LogP contribution in [0.4, 0.5) is 5.82 Å². The number of furan rings is 1. The zero-order chi connectivity index (χ0) is 13.7. The number of hydrogen-bond acceptors (Lipinski definition) is 7. The first-order chi connectivity index (χ1) is 9.22. The summed E-state index contributed by atoms with van der Waals surface area (Å²) in [6.45, 7) is 4.82. The van der Waals surface area contributed by atoms with Crippen LogP contribution in [0, 0.1) is 6.92 Å². The predicted octanol–water partition coefficient (Wildman–Crippen LogP) is 2.35. The highest BCUT2D eigenvalue weighted by Gasteiger charge is 2.09. The Morgan fingerprint density at radius 3 is 2.95 bits per heavy atom. The van der Waals surface area contributed by atoms with Gasteiger partial charge in [-0.1, -0.05) is 11.8 Å². The molecule has 102 valence electrons. The van der Waals surface area contributed by atoms with Gasteiger partial charge < -0.3 is 14.6 Å². The van der Waals surface area contributed by atoms with Crippen LogP contribution in [0.2, 0.25) is 0 Å². The van der Waals surface area contributed by atoms with E-state index in [4.69, 9.17) is 15.0 Å². The fraction of sp³-hybridized carbons (Fsp3) is 0.333. The van der Waals surface area contributed by atoms with Crippen LogP contribution in [0.3, 0.4) is 0 Å². The molecule has 0 unspecified atom stereocenters. The van der Waals surface area contributed by atoms with E-state index in [1.54, 1.807) is 12.3 Å². The first-order valence-corrected chi connectivity index (χ1v) is 6.69. The number of anilines is 1. The molecular weight excluding hydrogens is 264 g/mol. The zero-order valence-electron chi connectivity index (χ0n) is 10.8. The van der Waals surface area contributed by atoms with Crippen molar-refractivity contribution in [2.24, 2.45) is 5.84 Å². The third kappa shape index (κ3) is 3.69. The highest BCUT2D eigenvalue weighted by molar-refractivity contribution is 7.99. The van der Waals surface area contributed by atoms with E-state index in [1.165, 1.54) is 11.8 Å². The molecule has 0 spiro atoms. The molecule has 0 amide bonds. The van der Waals surface area contributed by atoms with Crippen LogP contribution in [0.25, 0.3) is 0 Å². The fourth-order valence-electron chi connectivity index (χ4n) is 1.45. The van der Waals surface area contributed by atoms with Crippen LogP contribution in [0.5, 0.6) is 0 Å². The molecule has 0 bridgehead atoms. The van der Waals surface area contributed by atoms with Gasteiger partial charge in [-0.05, 0) is 19.9 Å². The lowest BCUT2D eigenvalue weighted by Crippen LogP contribution is -2.11. The molecule has 3 N–H and O–H groups in total. The van der Waals surface area contributed by atoms with Crippen molar-refractivity contribution in [2.75, 3.05) is 12.0 Å². The second-order valence-corrected chi connectivity index (χ2v) is 4.79. The minimum absolute atomic E-state index is 0.365. The highest BCUT2D eigenvalue weighted by Crippen LogP contribution is 2.30. The minimum Gasteiger partial charge on any atom is -0.468 e. The topological polar surface area (TPSA) is 86.2 Å². The number of rotatable bonds is 6. The molecular formula is C12H16N4O2S. The molecule has 0 fully saturated rings. The van der Waals surface area contributed by atoms with E-state index in [9.17, 15) is 0 Å². The molecule has 19 heavy (non-hydrogen) atoms. The van der Waals surface area contributed by atoms with Crippen LogP contribution in [-0.2, 0) is 11.3 Å². The highest BCUT2D eigenvalue weighted by atomic mass is 32.2. The lowest BCUT2D eigenvalue weighted by atomic mass is 10.5. The average Bonchev–Trinajstić information content (AvgIpc) is 2.81. The van der Waals surface area contributed by atoms with E-state index in [0.29, 0.717) is 24.9 Å². The van der Waals surface area contributed by atoms with Gasteiger partial charge in [0.05, 0.1) is 11.2 Å². The van der Waals surface area contributed by atoms with Gasteiger partial charge in [-0.2, -0.15) is 0 Å². The van der Waals surface area contributed by atoms with E-state index in [2.05, 4.69) is 15.4 Å². The van der Waals surface area contributed by atoms with Crippen LogP contribution in [0.15, 0.2) is 32.7 Å². The second kappa shape index (κ2) is 6.55. The molecule has 6 nitrogen and oxygen atoms in total. The summed E-state index contributed by atoms with van der Waals surface area (Å²) in [5.74, 6) is 7.43. The van der Waals surface area contributed by atoms with Gasteiger partial charge in [-0.3, -0.25) is 0 Å². The number of aromatic nitrogens is 2. The Morgan fingerprint density at radius 1 is 1.47 bits per heavy atom. The molecule has 0 atom stereocenters. The summed E-state index contributed by atoms with van der Waals surface area (Å²) in [6, 6.07) is 3.69. The molecule has 0 saturated carbocycles. The normalized spacial score (nSPS) is 10.7. The lowest BCUT2D eigenvalue weighted by molar-refractivity contribution is 0.128. The number of nitrogens with zero attached hydrogens (tertiary/aromatic N) is 2. The largest absolute Gasteiger partial charge is 0.468 e. The van der Waals surface area contributed by atoms with Crippen molar-refractivity contribution < 1.29 is 9.15 Å². The monoisotopic (exact) mass is 280 g/mol. The van der Waals surface area contributed by atoms with Crippen molar-refractivity contribution in [3.05, 3.63) is 30.0 Å². The summed E-state index contributed by atoms with van der Waals surface area (Å²) in [6.07, 6.45) is 1.65. The predicted molar refractivity (Wildman–Crippen MR) is 72.7 cm³/mol. The Bertz CT molecular complexity index is 544. The molecule has 0 aliphatic carbocycles. The number of aryl methyl sites for hydroxylation is 1. The van der Waals surface area contributed by atoms with E-state index >= 15 is 0 Å². The number of nitrogen functional groups attached to an aromatic ring is 1. The SMILES string of the molecule is CCOCc1nc(NN)cc(Sc2ccoc2C)n1. The van der Waals surface area contributed by atoms with Gasteiger partial charge in [0.1, 0.15) is 23.2 Å². The molecule has 2 aromatic rings. The summed E-state index contributed by atoms with van der Waals surface area (Å²) in [5.41, 5.74) is 2.53. The minimum atomic E-state index is 0.365. The molecule has 0 aliphatic heterocycles. The first kappa shape index (κ1) is 13.9. The summed E-state index contributed by atoms with van der Waals surface area (Å²) in [5, 5.41) is 0.794. The maximum Gasteiger partial charge on any atom is 0.157 e. The van der Waals surface area contributed by atoms with Crippen molar-refractivity contribution in [2.45, 2.75) is 30.4 Å². The van der Waals surface area contributed by atoms with Crippen molar-refractivity contribution in [3.8, 4) is 0 Å². The summed E-state index contributed by atoms with van der Waals surface area (Å²) >= 11 is 1.50. The fourth-order valence-corrected chi connectivity index (χ4v) is 2.31. The number of nitrogens with one attached hydrogen (secondary N) is 1. The van der Waals surface area contributed by atoms with Gasteiger partial charge in [0.2, 0.25) is 0 Å². The maximum absolute atomic E-state index is 5.41. The summed E-state index contributed by atoms with van der Waals surface area (Å²) < 4.78 is 10.6. The van der Waals surface area contributed by atoms with Crippen LogP contribution < -0.4 is 11.3 Å². The third-order valence-electron chi connectivity index (χ3n) is 2.36. The van der Waals surface area contributed by atoms with Crippen LogP contribution >= 0.6 is 11.8 Å². The maximum atomic E-state index is 5.41. The smallest absolute Gasteiger partial charge is 0.157 e. The second-order valence-electron chi connectivity index (χ2n) is 3.73. The Kier molecular flexibility index (Phi) is 4.78. The summed E-state index contributed by atoms with van der Waals surface area (Å²) in [4.78, 5) is 9.67. The molecule has 0 aromatic carbocycles. The van der Waals surface area contributed by atoms with Crippen LogP contribution in [-0.4, -0.2) is 16.6 Å². The van der Waals surface area contributed by atoms with Gasteiger partial charge in [-0.15, -0.1) is 0 Å². The Balaban J connectivity index is 2.21. The van der Waals surface area contributed by atoms with Gasteiger partial charge in [-0.25, -0.2) is 15.8 Å². The number of hydrogen-bond donors (Lipinski definition) is 2. The van der Waals surface area contributed by atoms with E-state index in [1.807, 2.05) is 19.9 Å². The molecule has 0 aliphatic rings. The van der Waals surface area contributed by atoms with E-state index in [0.717, 1.165) is 15.7 Å². The summed E-state index contributed by atoms with van der Waals surface area (Å²) in [7, 11) is 0. The lowest BCUT2D eigenvalue weighted by Gasteiger charge is -2.07. The average molecular weight is 280 g/mol. The zero-order valence-corrected chi connectivity index (χ0v) is 11.7. The molecule has 0 radical (unpaired) electrons. The standard InChI is InChI=1S/C12H16N4O2S/c1-3-17-7-11-14-10(16-13)6-12(15-11)19-9-4-5-18-8(9)2/h4-6H,3,7,13H2,1-2H3,(H,14,15,16). The van der Waals surface area contributed by atoms with E-state index in [-0.39, 0.29) is 0 Å². The molecule has 2 aromatic heterocycles. The van der Waals surface area contributed by atoms with Crippen molar-refractivity contribution in [1.29, 1.82) is 0 Å². The number of ether oxygens (including phenoxy) is 1. The van der Waals surface area contributed by atoms with Gasteiger partial charge in [0, 0.05) is 12.7 Å². The molecule has 2 rings (SSSR count). The van der Waals surface area contributed by atoms with Crippen molar-refractivity contribution in [3.63, 3.8) is 0 Å².